The van der Waals surface area contributed by atoms with E-state index < -0.39 is 42.4 Å². The van der Waals surface area contributed by atoms with Gasteiger partial charge in [0.15, 0.2) is 18.5 Å². The fourth-order valence-corrected chi connectivity index (χ4v) is 2.86. The van der Waals surface area contributed by atoms with Gasteiger partial charge in [0.2, 0.25) is 6.10 Å². The van der Waals surface area contributed by atoms with Gasteiger partial charge < -0.3 is 24.3 Å². The second-order valence-corrected chi connectivity index (χ2v) is 6.13. The zero-order chi connectivity index (χ0) is 20.8. The molecule has 0 spiro atoms. The number of carbonyl (C=O) groups is 4. The van der Waals surface area contributed by atoms with Crippen molar-refractivity contribution in [3.63, 3.8) is 0 Å². The molecule has 1 saturated heterocycles. The predicted molar refractivity (Wildman–Crippen MR) is 91.7 cm³/mol. The Bertz CT molecular complexity index is 766. The lowest BCUT2D eigenvalue weighted by Crippen LogP contribution is -2.48. The molecular weight excluding hydrogens is 372 g/mol. The molecule has 0 saturated carbocycles. The first-order valence-electron chi connectivity index (χ1n) is 8.59. The van der Waals surface area contributed by atoms with Crippen molar-refractivity contribution >= 4 is 23.8 Å². The van der Waals surface area contributed by atoms with Gasteiger partial charge in [-0.2, -0.15) is 4.57 Å². The van der Waals surface area contributed by atoms with Crippen LogP contribution in [0.15, 0.2) is 24.5 Å². The van der Waals surface area contributed by atoms with E-state index in [1.807, 2.05) is 0 Å². The van der Waals surface area contributed by atoms with E-state index in [0.29, 0.717) is 5.56 Å². The molecule has 1 aliphatic heterocycles. The number of pyridine rings is 1. The number of carbonyl (C=O) groups excluding carboxylic acids is 4. The van der Waals surface area contributed by atoms with Crippen LogP contribution in [0, 0.1) is 0 Å². The smallest absolute Gasteiger partial charge is 0.304 e. The van der Waals surface area contributed by atoms with E-state index in [9.17, 15) is 19.2 Å². The number of nitrogens with one attached hydrogen (secondary N) is 1. The van der Waals surface area contributed by atoms with Crippen LogP contribution in [0.2, 0.25) is 0 Å². The van der Waals surface area contributed by atoms with Crippen molar-refractivity contribution in [2.75, 3.05) is 13.7 Å². The monoisotopic (exact) mass is 395 g/mol. The summed E-state index contributed by atoms with van der Waals surface area (Å²) in [7, 11) is 1.50. The maximum absolute atomic E-state index is 11.9. The number of aromatic nitrogens is 1. The van der Waals surface area contributed by atoms with Gasteiger partial charge in [0.1, 0.15) is 18.3 Å². The van der Waals surface area contributed by atoms with Gasteiger partial charge in [0.05, 0.1) is 0 Å². The third-order valence-electron chi connectivity index (χ3n) is 3.95. The lowest BCUT2D eigenvalue weighted by atomic mass is 10.1. The van der Waals surface area contributed by atoms with Gasteiger partial charge in [-0.05, 0) is 6.07 Å². The number of esters is 3. The van der Waals surface area contributed by atoms with Crippen molar-refractivity contribution < 1.29 is 42.7 Å². The van der Waals surface area contributed by atoms with Crippen LogP contribution in [0.1, 0.15) is 37.4 Å². The quantitative estimate of drug-likeness (QED) is 0.394. The highest BCUT2D eigenvalue weighted by Crippen LogP contribution is 2.31. The highest BCUT2D eigenvalue weighted by molar-refractivity contribution is 5.93. The Morgan fingerprint density at radius 1 is 1.07 bits per heavy atom. The molecular formula is C18H23N2O8+. The summed E-state index contributed by atoms with van der Waals surface area (Å²) >= 11 is 0. The zero-order valence-electron chi connectivity index (χ0n) is 16.0. The molecule has 152 valence electrons. The molecule has 1 fully saturated rings. The summed E-state index contributed by atoms with van der Waals surface area (Å²) in [4.78, 5) is 46.3. The Morgan fingerprint density at radius 2 is 1.71 bits per heavy atom. The summed E-state index contributed by atoms with van der Waals surface area (Å²) in [5.74, 6) is -2.06. The molecule has 2 rings (SSSR count). The van der Waals surface area contributed by atoms with Crippen molar-refractivity contribution in [2.24, 2.45) is 0 Å². The normalized spacial score (nSPS) is 23.6. The second-order valence-electron chi connectivity index (χ2n) is 6.13. The summed E-state index contributed by atoms with van der Waals surface area (Å²) in [5.41, 5.74) is 0.350. The summed E-state index contributed by atoms with van der Waals surface area (Å²) in [6.07, 6.45) is -0.642. The van der Waals surface area contributed by atoms with Crippen LogP contribution in [0.25, 0.3) is 0 Å². The first-order chi connectivity index (χ1) is 13.2. The number of rotatable bonds is 6. The van der Waals surface area contributed by atoms with E-state index >= 15 is 0 Å². The molecule has 1 aromatic rings. The van der Waals surface area contributed by atoms with Crippen LogP contribution in [-0.2, 0) is 33.3 Å². The van der Waals surface area contributed by atoms with E-state index in [1.54, 1.807) is 18.3 Å². The minimum Gasteiger partial charge on any atom is -0.463 e. The Kier molecular flexibility index (Phi) is 7.05. The molecule has 0 bridgehead atoms. The van der Waals surface area contributed by atoms with Gasteiger partial charge in [-0.15, -0.1) is 0 Å². The fourth-order valence-electron chi connectivity index (χ4n) is 2.86. The van der Waals surface area contributed by atoms with E-state index in [4.69, 9.17) is 18.9 Å². The third-order valence-corrected chi connectivity index (χ3v) is 3.95. The Balaban J connectivity index is 2.39. The maximum atomic E-state index is 11.9. The van der Waals surface area contributed by atoms with Crippen LogP contribution in [0.3, 0.4) is 0 Å². The largest absolute Gasteiger partial charge is 0.463 e. The van der Waals surface area contributed by atoms with Crippen LogP contribution < -0.4 is 9.88 Å². The molecule has 28 heavy (non-hydrogen) atoms. The number of amides is 1. The minimum absolute atomic E-state index is 0.197. The molecule has 0 aromatic carbocycles. The SMILES string of the molecule is CNC(=O)c1ccc[n+](C2OC(COC(C)=O)C(OC(C)=O)C2OC(C)=O)c1. The average molecular weight is 395 g/mol. The highest BCUT2D eigenvalue weighted by atomic mass is 16.7. The molecule has 4 unspecified atom stereocenters. The maximum Gasteiger partial charge on any atom is 0.304 e. The zero-order valence-corrected chi connectivity index (χ0v) is 16.0. The van der Waals surface area contributed by atoms with Crippen molar-refractivity contribution in [1.82, 2.24) is 5.32 Å². The Morgan fingerprint density at radius 3 is 2.29 bits per heavy atom. The van der Waals surface area contributed by atoms with Crippen LogP contribution in [-0.4, -0.2) is 55.8 Å². The second kappa shape index (κ2) is 9.27. The number of hydrogen-bond donors (Lipinski definition) is 1. The lowest BCUT2D eigenvalue weighted by Gasteiger charge is -2.21. The molecule has 1 N–H and O–H groups in total. The van der Waals surface area contributed by atoms with Crippen molar-refractivity contribution in [1.29, 1.82) is 0 Å². The summed E-state index contributed by atoms with van der Waals surface area (Å²) in [5, 5.41) is 2.51. The van der Waals surface area contributed by atoms with Gasteiger partial charge in [-0.3, -0.25) is 19.2 Å². The first kappa shape index (κ1) is 21.3. The molecule has 10 nitrogen and oxygen atoms in total. The van der Waals surface area contributed by atoms with Gasteiger partial charge in [-0.1, -0.05) is 0 Å². The minimum atomic E-state index is -1.01. The summed E-state index contributed by atoms with van der Waals surface area (Å²) in [6.45, 7) is 3.46. The average Bonchev–Trinajstić information content (AvgIpc) is 2.95. The number of hydrogen-bond acceptors (Lipinski definition) is 8. The van der Waals surface area contributed by atoms with E-state index in [1.165, 1.54) is 38.6 Å². The standard InChI is InChI=1S/C18H22N2O8/c1-10(21)25-9-14-15(26-11(2)22)16(27-12(3)23)18(28-14)20-7-5-6-13(8-20)17(24)19-4/h5-8,14-16,18H,9H2,1-4H3/p+1. The Hall–Kier alpha value is -3.01. The number of ether oxygens (including phenoxy) is 4. The number of nitrogens with zero attached hydrogens (tertiary/aromatic N) is 1. The van der Waals surface area contributed by atoms with Crippen LogP contribution in [0.5, 0.6) is 0 Å². The molecule has 0 radical (unpaired) electrons. The van der Waals surface area contributed by atoms with E-state index in [0.717, 1.165) is 0 Å². The Labute approximate surface area is 161 Å². The molecule has 0 aliphatic carbocycles. The summed E-state index contributed by atoms with van der Waals surface area (Å²) in [6, 6.07) is 3.23. The van der Waals surface area contributed by atoms with Crippen molar-refractivity contribution in [3.8, 4) is 0 Å². The first-order valence-corrected chi connectivity index (χ1v) is 8.59. The fraction of sp³-hybridized carbons (Fsp3) is 0.500. The van der Waals surface area contributed by atoms with Crippen LogP contribution in [0.4, 0.5) is 0 Å². The van der Waals surface area contributed by atoms with Gasteiger partial charge >= 0.3 is 24.1 Å². The van der Waals surface area contributed by atoms with Gasteiger partial charge in [0, 0.05) is 33.9 Å². The molecule has 1 aromatic heterocycles. The van der Waals surface area contributed by atoms with Crippen molar-refractivity contribution in [3.05, 3.63) is 30.1 Å². The molecule has 4 atom stereocenters. The summed E-state index contributed by atoms with van der Waals surface area (Å²) < 4.78 is 23.1. The van der Waals surface area contributed by atoms with E-state index in [2.05, 4.69) is 5.32 Å². The molecule has 2 heterocycles. The van der Waals surface area contributed by atoms with Gasteiger partial charge in [-0.25, -0.2) is 0 Å². The lowest BCUT2D eigenvalue weighted by molar-refractivity contribution is -0.765. The molecule has 1 amide bonds. The van der Waals surface area contributed by atoms with E-state index in [-0.39, 0.29) is 12.5 Å². The topological polar surface area (TPSA) is 121 Å². The third kappa shape index (κ3) is 5.26. The van der Waals surface area contributed by atoms with Gasteiger partial charge in [0.25, 0.3) is 5.91 Å². The predicted octanol–water partition coefficient (Wildman–Crippen LogP) is -0.342. The van der Waals surface area contributed by atoms with Crippen molar-refractivity contribution in [2.45, 2.75) is 45.3 Å². The molecule has 1 aliphatic rings. The highest BCUT2D eigenvalue weighted by Gasteiger charge is 2.54. The van der Waals surface area contributed by atoms with Crippen LogP contribution >= 0.6 is 0 Å². The molecule has 10 heteroatoms.